The summed E-state index contributed by atoms with van der Waals surface area (Å²) in [4.78, 5) is 12.0. The molecule has 1 amide bonds. The summed E-state index contributed by atoms with van der Waals surface area (Å²) in [6.07, 6.45) is 1.80. The molecule has 9 heteroatoms. The van der Waals surface area contributed by atoms with Gasteiger partial charge in [0.25, 0.3) is 0 Å². The first-order valence-electron chi connectivity index (χ1n) is 7.54. The van der Waals surface area contributed by atoms with Crippen molar-refractivity contribution in [1.29, 1.82) is 0 Å². The van der Waals surface area contributed by atoms with Crippen molar-refractivity contribution in [3.05, 3.63) is 28.2 Å². The van der Waals surface area contributed by atoms with Gasteiger partial charge in [0.2, 0.25) is 11.1 Å². The zero-order valence-corrected chi connectivity index (χ0v) is 15.8. The van der Waals surface area contributed by atoms with E-state index in [0.717, 1.165) is 12.8 Å². The van der Waals surface area contributed by atoms with E-state index < -0.39 is 0 Å². The smallest absolute Gasteiger partial charge is 0.230 e. The van der Waals surface area contributed by atoms with E-state index in [-0.39, 0.29) is 17.7 Å². The van der Waals surface area contributed by atoms with Gasteiger partial charge in [-0.3, -0.25) is 4.79 Å². The summed E-state index contributed by atoms with van der Waals surface area (Å²) >= 11 is 13.3. The summed E-state index contributed by atoms with van der Waals surface area (Å²) in [6, 6.07) is 5.24. The molecule has 0 atom stereocenters. The highest BCUT2D eigenvalue weighted by atomic mass is 35.5. The third-order valence-corrected chi connectivity index (χ3v) is 5.01. The summed E-state index contributed by atoms with van der Waals surface area (Å²) in [5.74, 6) is 6.62. The molecule has 24 heavy (non-hydrogen) atoms. The Labute approximate surface area is 155 Å². The molecule has 0 unspecified atom stereocenters. The van der Waals surface area contributed by atoms with Gasteiger partial charge in [-0.25, -0.2) is 4.68 Å². The number of thioether (sulfide) groups is 1. The Balaban J connectivity index is 2.06. The zero-order valence-electron chi connectivity index (χ0n) is 13.4. The van der Waals surface area contributed by atoms with Crippen LogP contribution in [0.15, 0.2) is 23.4 Å². The lowest BCUT2D eigenvalue weighted by Gasteiger charge is -2.14. The fourth-order valence-corrected chi connectivity index (χ4v) is 3.28. The van der Waals surface area contributed by atoms with E-state index in [0.29, 0.717) is 26.6 Å². The van der Waals surface area contributed by atoms with Gasteiger partial charge in [-0.1, -0.05) is 48.8 Å². The molecule has 6 nitrogen and oxygen atoms in total. The van der Waals surface area contributed by atoms with E-state index in [4.69, 9.17) is 29.0 Å². The standard InChI is InChI=1S/C15H19Cl2N5OS/c1-3-10(4-2)19-13(23)8-24-15-21-20-14(22(15)18)11-6-5-9(16)7-12(11)17/h5-7,10H,3-4,8,18H2,1-2H3,(H,19,23). The molecule has 0 radical (unpaired) electrons. The minimum absolute atomic E-state index is 0.0530. The van der Waals surface area contributed by atoms with Gasteiger partial charge in [-0.05, 0) is 31.0 Å². The molecule has 0 aliphatic heterocycles. The highest BCUT2D eigenvalue weighted by Crippen LogP contribution is 2.30. The van der Waals surface area contributed by atoms with E-state index >= 15 is 0 Å². The average molecular weight is 388 g/mol. The molecule has 130 valence electrons. The van der Waals surface area contributed by atoms with E-state index in [9.17, 15) is 4.79 Å². The van der Waals surface area contributed by atoms with Crippen LogP contribution in [0.25, 0.3) is 11.4 Å². The fraction of sp³-hybridized carbons (Fsp3) is 0.400. The number of rotatable bonds is 7. The fourth-order valence-electron chi connectivity index (χ4n) is 2.12. The van der Waals surface area contributed by atoms with Crippen LogP contribution in [0.5, 0.6) is 0 Å². The summed E-state index contributed by atoms with van der Waals surface area (Å²) in [6.45, 7) is 4.08. The normalized spacial score (nSPS) is 11.0. The molecule has 0 bridgehead atoms. The maximum absolute atomic E-state index is 12.0. The average Bonchev–Trinajstić information content (AvgIpc) is 2.91. The number of carbonyl (C=O) groups excluding carboxylic acids is 1. The first-order chi connectivity index (χ1) is 11.5. The third-order valence-electron chi connectivity index (χ3n) is 3.52. The SMILES string of the molecule is CCC(CC)NC(=O)CSc1nnc(-c2ccc(Cl)cc2Cl)n1N. The Morgan fingerprint density at radius 1 is 1.33 bits per heavy atom. The van der Waals surface area contributed by atoms with Crippen molar-refractivity contribution in [2.45, 2.75) is 37.9 Å². The van der Waals surface area contributed by atoms with Gasteiger partial charge in [-0.15, -0.1) is 10.2 Å². The Morgan fingerprint density at radius 3 is 2.67 bits per heavy atom. The van der Waals surface area contributed by atoms with E-state index in [2.05, 4.69) is 15.5 Å². The number of carbonyl (C=O) groups is 1. The molecule has 0 saturated heterocycles. The van der Waals surface area contributed by atoms with Crippen LogP contribution in [0.3, 0.4) is 0 Å². The molecule has 3 N–H and O–H groups in total. The number of halogens is 2. The Hall–Kier alpha value is -1.44. The number of amides is 1. The second-order valence-electron chi connectivity index (χ2n) is 5.17. The van der Waals surface area contributed by atoms with Crippen molar-refractivity contribution in [3.63, 3.8) is 0 Å². The van der Waals surface area contributed by atoms with E-state index in [1.165, 1.54) is 16.4 Å². The van der Waals surface area contributed by atoms with E-state index in [1.54, 1.807) is 18.2 Å². The van der Waals surface area contributed by atoms with Crippen LogP contribution in [-0.2, 0) is 4.79 Å². The Bertz CT molecular complexity index is 718. The lowest BCUT2D eigenvalue weighted by atomic mass is 10.2. The van der Waals surface area contributed by atoms with Crippen LogP contribution in [0.2, 0.25) is 10.0 Å². The molecule has 0 saturated carbocycles. The molecule has 1 aromatic carbocycles. The Kier molecular flexibility index (Phi) is 6.77. The molecular formula is C15H19Cl2N5OS. The molecule has 0 spiro atoms. The topological polar surface area (TPSA) is 85.8 Å². The minimum atomic E-state index is -0.0530. The largest absolute Gasteiger partial charge is 0.353 e. The number of aromatic nitrogens is 3. The monoisotopic (exact) mass is 387 g/mol. The van der Waals surface area contributed by atoms with Crippen LogP contribution >= 0.6 is 35.0 Å². The molecule has 0 aliphatic carbocycles. The molecule has 0 aliphatic rings. The molecule has 1 heterocycles. The van der Waals surface area contributed by atoms with Crippen molar-refractivity contribution in [1.82, 2.24) is 20.2 Å². The zero-order chi connectivity index (χ0) is 17.7. The first-order valence-corrected chi connectivity index (χ1v) is 9.28. The number of benzene rings is 1. The second-order valence-corrected chi connectivity index (χ2v) is 6.96. The van der Waals surface area contributed by atoms with Gasteiger partial charge in [-0.2, -0.15) is 0 Å². The van der Waals surface area contributed by atoms with Crippen molar-refractivity contribution in [3.8, 4) is 11.4 Å². The van der Waals surface area contributed by atoms with Crippen molar-refractivity contribution in [2.75, 3.05) is 11.6 Å². The third kappa shape index (κ3) is 4.55. The maximum atomic E-state index is 12.0. The number of nitrogen functional groups attached to an aromatic ring is 1. The van der Waals surface area contributed by atoms with Crippen LogP contribution < -0.4 is 11.2 Å². The summed E-state index contributed by atoms with van der Waals surface area (Å²) in [5.41, 5.74) is 0.629. The number of hydrogen-bond acceptors (Lipinski definition) is 5. The number of hydrogen-bond donors (Lipinski definition) is 2. The molecule has 0 fully saturated rings. The number of nitrogens with two attached hydrogens (primary N) is 1. The van der Waals surface area contributed by atoms with Crippen LogP contribution in [0.1, 0.15) is 26.7 Å². The van der Waals surface area contributed by atoms with Gasteiger partial charge in [0.05, 0.1) is 10.8 Å². The van der Waals surface area contributed by atoms with Gasteiger partial charge < -0.3 is 11.2 Å². The first kappa shape index (κ1) is 18.9. The van der Waals surface area contributed by atoms with Gasteiger partial charge >= 0.3 is 0 Å². The molecule has 1 aromatic heterocycles. The lowest BCUT2D eigenvalue weighted by Crippen LogP contribution is -2.35. The van der Waals surface area contributed by atoms with Crippen LogP contribution in [0.4, 0.5) is 0 Å². The van der Waals surface area contributed by atoms with E-state index in [1.807, 2.05) is 13.8 Å². The van der Waals surface area contributed by atoms with Crippen LogP contribution in [-0.4, -0.2) is 32.6 Å². The highest BCUT2D eigenvalue weighted by molar-refractivity contribution is 7.99. The van der Waals surface area contributed by atoms with Crippen molar-refractivity contribution in [2.24, 2.45) is 0 Å². The van der Waals surface area contributed by atoms with Gasteiger partial charge in [0.1, 0.15) is 0 Å². The predicted molar refractivity (Wildman–Crippen MR) is 98.9 cm³/mol. The van der Waals surface area contributed by atoms with Crippen LogP contribution in [0, 0.1) is 0 Å². The summed E-state index contributed by atoms with van der Waals surface area (Å²) in [7, 11) is 0. The number of nitrogens with zero attached hydrogens (tertiary/aromatic N) is 3. The van der Waals surface area contributed by atoms with Crippen molar-refractivity contribution >= 4 is 40.9 Å². The predicted octanol–water partition coefficient (Wildman–Crippen LogP) is 3.36. The second kappa shape index (κ2) is 8.60. The molecular weight excluding hydrogens is 369 g/mol. The summed E-state index contributed by atoms with van der Waals surface area (Å²) < 4.78 is 1.32. The molecule has 2 aromatic rings. The quantitative estimate of drug-likeness (QED) is 0.561. The minimum Gasteiger partial charge on any atom is -0.353 e. The van der Waals surface area contributed by atoms with Gasteiger partial charge in [0.15, 0.2) is 5.82 Å². The highest BCUT2D eigenvalue weighted by Gasteiger charge is 2.16. The number of nitrogens with one attached hydrogen (secondary N) is 1. The molecule has 2 rings (SSSR count). The summed E-state index contributed by atoms with van der Waals surface area (Å²) in [5, 5.41) is 12.5. The lowest BCUT2D eigenvalue weighted by molar-refractivity contribution is -0.119. The Morgan fingerprint density at radius 2 is 2.04 bits per heavy atom. The van der Waals surface area contributed by atoms with Gasteiger partial charge in [0, 0.05) is 16.6 Å². The maximum Gasteiger partial charge on any atom is 0.230 e. The van der Waals surface area contributed by atoms with Crippen molar-refractivity contribution < 1.29 is 4.79 Å².